The van der Waals surface area contributed by atoms with Gasteiger partial charge in [0, 0.05) is 17.4 Å². The summed E-state index contributed by atoms with van der Waals surface area (Å²) in [5, 5.41) is 3.01. The molecule has 0 saturated carbocycles. The van der Waals surface area contributed by atoms with Crippen molar-refractivity contribution in [2.75, 3.05) is 5.32 Å². The van der Waals surface area contributed by atoms with Gasteiger partial charge in [-0.05, 0) is 19.1 Å². The lowest BCUT2D eigenvalue weighted by atomic mass is 10.3. The molecule has 0 aliphatic carbocycles. The van der Waals surface area contributed by atoms with Gasteiger partial charge in [0.05, 0.1) is 0 Å². The van der Waals surface area contributed by atoms with Crippen LogP contribution in [-0.4, -0.2) is 9.97 Å². The van der Waals surface area contributed by atoms with Gasteiger partial charge in [-0.15, -0.1) is 0 Å². The molecule has 104 valence electrons. The molecule has 0 radical (unpaired) electrons. The third-order valence-electron chi connectivity index (χ3n) is 2.01. The zero-order valence-electron chi connectivity index (χ0n) is 12.3. The number of anilines is 2. The maximum absolute atomic E-state index is 11.3. The molecular weight excluding hydrogens is 238 g/mol. The molecule has 0 fully saturated rings. The molecular formula is C15H23N3O. The predicted molar refractivity (Wildman–Crippen MR) is 82.0 cm³/mol. The molecule has 0 atom stereocenters. The normalized spacial score (nSPS) is 8.47. The highest BCUT2D eigenvalue weighted by Gasteiger charge is 1.97. The Hall–Kier alpha value is -2.10. The van der Waals surface area contributed by atoms with Crippen molar-refractivity contribution in [3.05, 3.63) is 52.4 Å². The van der Waals surface area contributed by atoms with Crippen LogP contribution in [0.5, 0.6) is 0 Å². The fraction of sp³-hybridized carbons (Fsp3) is 0.333. The number of H-pyrrole nitrogens is 1. The van der Waals surface area contributed by atoms with E-state index in [1.165, 1.54) is 0 Å². The van der Waals surface area contributed by atoms with Gasteiger partial charge in [-0.2, -0.15) is 0 Å². The number of nitrogens with zero attached hydrogens (tertiary/aromatic N) is 1. The molecule has 1 aromatic carbocycles. The fourth-order valence-corrected chi connectivity index (χ4v) is 1.18. The SMILES string of the molecule is CC.CC.Cc1cnc(Nc2ccccc2)[nH]c1=O. The van der Waals surface area contributed by atoms with Gasteiger partial charge in [0.25, 0.3) is 5.56 Å². The average molecular weight is 261 g/mol. The Labute approximate surface area is 114 Å². The van der Waals surface area contributed by atoms with Crippen molar-refractivity contribution >= 4 is 11.6 Å². The monoisotopic (exact) mass is 261 g/mol. The first-order chi connectivity index (χ1) is 9.25. The molecule has 0 aliphatic heterocycles. The highest BCUT2D eigenvalue weighted by atomic mass is 16.1. The van der Waals surface area contributed by atoms with Crippen molar-refractivity contribution in [2.45, 2.75) is 34.6 Å². The summed E-state index contributed by atoms with van der Waals surface area (Å²) >= 11 is 0. The van der Waals surface area contributed by atoms with Crippen molar-refractivity contribution < 1.29 is 0 Å². The lowest BCUT2D eigenvalue weighted by molar-refractivity contribution is 1.08. The van der Waals surface area contributed by atoms with Gasteiger partial charge in [0.1, 0.15) is 0 Å². The number of nitrogens with one attached hydrogen (secondary N) is 2. The van der Waals surface area contributed by atoms with Crippen LogP contribution in [0.3, 0.4) is 0 Å². The lowest BCUT2D eigenvalue weighted by Crippen LogP contribution is -2.12. The molecule has 1 heterocycles. The second kappa shape index (κ2) is 9.88. The smallest absolute Gasteiger partial charge is 0.255 e. The minimum absolute atomic E-state index is 0.122. The number of aromatic amines is 1. The average Bonchev–Trinajstić information content (AvgIpc) is 2.48. The van der Waals surface area contributed by atoms with E-state index in [2.05, 4.69) is 15.3 Å². The van der Waals surface area contributed by atoms with Gasteiger partial charge < -0.3 is 5.32 Å². The van der Waals surface area contributed by atoms with Crippen LogP contribution in [0.4, 0.5) is 11.6 Å². The summed E-state index contributed by atoms with van der Waals surface area (Å²) in [4.78, 5) is 18.0. The number of hydrogen-bond acceptors (Lipinski definition) is 3. The van der Waals surface area contributed by atoms with Crippen LogP contribution in [0, 0.1) is 6.92 Å². The van der Waals surface area contributed by atoms with Gasteiger partial charge in [-0.1, -0.05) is 45.9 Å². The number of para-hydroxylation sites is 1. The molecule has 0 aliphatic rings. The Morgan fingerprint density at radius 1 is 1.05 bits per heavy atom. The van der Waals surface area contributed by atoms with Crippen LogP contribution in [0.25, 0.3) is 0 Å². The van der Waals surface area contributed by atoms with E-state index in [1.807, 2.05) is 58.0 Å². The van der Waals surface area contributed by atoms with Crippen LogP contribution >= 0.6 is 0 Å². The second-order valence-corrected chi connectivity index (χ2v) is 3.23. The molecule has 2 rings (SSSR count). The Morgan fingerprint density at radius 3 is 2.16 bits per heavy atom. The van der Waals surface area contributed by atoms with Crippen molar-refractivity contribution in [3.8, 4) is 0 Å². The summed E-state index contributed by atoms with van der Waals surface area (Å²) < 4.78 is 0. The number of aryl methyl sites for hydroxylation is 1. The number of benzene rings is 1. The summed E-state index contributed by atoms with van der Waals surface area (Å²) in [6.45, 7) is 9.72. The minimum Gasteiger partial charge on any atom is -0.326 e. The van der Waals surface area contributed by atoms with E-state index >= 15 is 0 Å². The minimum atomic E-state index is -0.122. The first-order valence-electron chi connectivity index (χ1n) is 6.64. The van der Waals surface area contributed by atoms with E-state index in [9.17, 15) is 4.79 Å². The van der Waals surface area contributed by atoms with E-state index in [0.717, 1.165) is 5.69 Å². The molecule has 4 heteroatoms. The molecule has 19 heavy (non-hydrogen) atoms. The zero-order chi connectivity index (χ0) is 14.7. The molecule has 0 saturated heterocycles. The van der Waals surface area contributed by atoms with Crippen molar-refractivity contribution in [1.82, 2.24) is 9.97 Å². The van der Waals surface area contributed by atoms with Crippen LogP contribution in [-0.2, 0) is 0 Å². The van der Waals surface area contributed by atoms with Gasteiger partial charge in [0.2, 0.25) is 5.95 Å². The summed E-state index contributed by atoms with van der Waals surface area (Å²) in [5.41, 5.74) is 1.38. The van der Waals surface area contributed by atoms with E-state index in [4.69, 9.17) is 0 Å². The first-order valence-corrected chi connectivity index (χ1v) is 6.64. The highest BCUT2D eigenvalue weighted by molar-refractivity contribution is 5.52. The quantitative estimate of drug-likeness (QED) is 0.862. The van der Waals surface area contributed by atoms with Crippen molar-refractivity contribution in [3.63, 3.8) is 0 Å². The number of aromatic nitrogens is 2. The number of rotatable bonds is 2. The highest BCUT2D eigenvalue weighted by Crippen LogP contribution is 2.09. The molecule has 0 amide bonds. The third-order valence-corrected chi connectivity index (χ3v) is 2.01. The Kier molecular flexibility index (Phi) is 8.79. The summed E-state index contributed by atoms with van der Waals surface area (Å²) in [6, 6.07) is 9.56. The van der Waals surface area contributed by atoms with Gasteiger partial charge in [0.15, 0.2) is 0 Å². The van der Waals surface area contributed by atoms with Crippen LogP contribution in [0.15, 0.2) is 41.3 Å². The Morgan fingerprint density at radius 2 is 1.63 bits per heavy atom. The molecule has 2 aromatic rings. The fourth-order valence-electron chi connectivity index (χ4n) is 1.18. The summed E-state index contributed by atoms with van der Waals surface area (Å²) in [7, 11) is 0. The predicted octanol–water partition coefficient (Wildman–Crippen LogP) is 3.87. The Balaban J connectivity index is 0.000000741. The van der Waals surface area contributed by atoms with Crippen LogP contribution < -0.4 is 10.9 Å². The van der Waals surface area contributed by atoms with Crippen molar-refractivity contribution in [1.29, 1.82) is 0 Å². The zero-order valence-corrected chi connectivity index (χ0v) is 12.3. The topological polar surface area (TPSA) is 57.8 Å². The molecule has 0 unspecified atom stereocenters. The number of hydrogen-bond donors (Lipinski definition) is 2. The van der Waals surface area contributed by atoms with Crippen LogP contribution in [0.2, 0.25) is 0 Å². The summed E-state index contributed by atoms with van der Waals surface area (Å²) in [6.07, 6.45) is 1.55. The molecule has 4 nitrogen and oxygen atoms in total. The lowest BCUT2D eigenvalue weighted by Gasteiger charge is -2.04. The van der Waals surface area contributed by atoms with E-state index in [1.54, 1.807) is 13.1 Å². The van der Waals surface area contributed by atoms with E-state index in [0.29, 0.717) is 11.5 Å². The van der Waals surface area contributed by atoms with E-state index < -0.39 is 0 Å². The third kappa shape index (κ3) is 5.86. The largest absolute Gasteiger partial charge is 0.326 e. The molecule has 0 bridgehead atoms. The Bertz CT molecular complexity index is 506. The first kappa shape index (κ1) is 16.9. The van der Waals surface area contributed by atoms with Gasteiger partial charge in [-0.3, -0.25) is 9.78 Å². The van der Waals surface area contributed by atoms with Gasteiger partial charge >= 0.3 is 0 Å². The van der Waals surface area contributed by atoms with E-state index in [-0.39, 0.29) is 5.56 Å². The second-order valence-electron chi connectivity index (χ2n) is 3.23. The molecule has 2 N–H and O–H groups in total. The summed E-state index contributed by atoms with van der Waals surface area (Å²) in [5.74, 6) is 0.455. The van der Waals surface area contributed by atoms with Crippen LogP contribution in [0.1, 0.15) is 33.3 Å². The standard InChI is InChI=1S/C11H11N3O.2C2H6/c1-8-7-12-11(14-10(8)15)13-9-5-3-2-4-6-9;2*1-2/h2-7H,1H3,(H2,12,13,14,15);2*1-2H3. The van der Waals surface area contributed by atoms with Crippen molar-refractivity contribution in [2.24, 2.45) is 0 Å². The maximum Gasteiger partial charge on any atom is 0.255 e. The molecule has 1 aromatic heterocycles. The maximum atomic E-state index is 11.3. The molecule has 0 spiro atoms. The van der Waals surface area contributed by atoms with Gasteiger partial charge in [-0.25, -0.2) is 4.98 Å².